The molecule has 98 valence electrons. The minimum Gasteiger partial charge on any atom is -0.483 e. The van der Waals surface area contributed by atoms with Gasteiger partial charge in [-0.2, -0.15) is 0 Å². The number of nitrogens with zero attached hydrogens (tertiary/aromatic N) is 1. The van der Waals surface area contributed by atoms with Crippen molar-refractivity contribution >= 4 is 5.69 Å². The van der Waals surface area contributed by atoms with Crippen molar-refractivity contribution < 1.29 is 14.4 Å². The van der Waals surface area contributed by atoms with Crippen molar-refractivity contribution in [1.82, 2.24) is 0 Å². The first kappa shape index (κ1) is 12.8. The molecule has 6 heteroatoms. The van der Waals surface area contributed by atoms with Crippen LogP contribution in [0.15, 0.2) is 18.2 Å². The van der Waals surface area contributed by atoms with Crippen LogP contribution in [0, 0.1) is 10.1 Å². The van der Waals surface area contributed by atoms with Crippen LogP contribution in [0.1, 0.15) is 18.4 Å². The van der Waals surface area contributed by atoms with Gasteiger partial charge in [-0.1, -0.05) is 6.07 Å². The fourth-order valence-electron chi connectivity index (χ4n) is 1.90. The average Bonchev–Trinajstić information content (AvgIpc) is 2.39. The smallest absolute Gasteiger partial charge is 0.310 e. The molecular formula is C12H16N2O4. The van der Waals surface area contributed by atoms with Crippen molar-refractivity contribution in [2.45, 2.75) is 25.5 Å². The normalized spacial score (nSPS) is 16.5. The Morgan fingerprint density at radius 2 is 2.17 bits per heavy atom. The van der Waals surface area contributed by atoms with Gasteiger partial charge in [-0.15, -0.1) is 0 Å². The number of hydrogen-bond donors (Lipinski definition) is 1. The maximum Gasteiger partial charge on any atom is 0.310 e. The van der Waals surface area contributed by atoms with E-state index in [1.807, 2.05) is 0 Å². The maximum absolute atomic E-state index is 10.9. The molecule has 0 aliphatic carbocycles. The third-order valence-corrected chi connectivity index (χ3v) is 2.92. The Labute approximate surface area is 105 Å². The van der Waals surface area contributed by atoms with E-state index < -0.39 is 4.92 Å². The molecule has 18 heavy (non-hydrogen) atoms. The second-order valence-electron chi connectivity index (χ2n) is 4.19. The first-order chi connectivity index (χ1) is 8.70. The zero-order chi connectivity index (χ0) is 13.0. The van der Waals surface area contributed by atoms with Crippen LogP contribution in [0.25, 0.3) is 0 Å². The lowest BCUT2D eigenvalue weighted by Crippen LogP contribution is -2.26. The number of hydrogen-bond acceptors (Lipinski definition) is 5. The molecule has 2 rings (SSSR count). The molecule has 1 fully saturated rings. The summed E-state index contributed by atoms with van der Waals surface area (Å²) in [7, 11) is 0. The number of benzene rings is 1. The molecule has 2 N–H and O–H groups in total. The third-order valence-electron chi connectivity index (χ3n) is 2.92. The molecule has 6 nitrogen and oxygen atoms in total. The summed E-state index contributed by atoms with van der Waals surface area (Å²) in [5.74, 6) is 0.301. The molecule has 0 unspecified atom stereocenters. The first-order valence-electron chi connectivity index (χ1n) is 5.92. The van der Waals surface area contributed by atoms with E-state index in [2.05, 4.69) is 0 Å². The average molecular weight is 252 g/mol. The van der Waals surface area contributed by atoms with Gasteiger partial charge < -0.3 is 15.2 Å². The predicted octanol–water partition coefficient (Wildman–Crippen LogP) is 1.61. The number of rotatable bonds is 4. The molecule has 0 atom stereocenters. The first-order valence-corrected chi connectivity index (χ1v) is 5.92. The van der Waals surface area contributed by atoms with Gasteiger partial charge in [0.05, 0.1) is 18.1 Å². The minimum absolute atomic E-state index is 0.0151. The molecule has 0 saturated carbocycles. The second kappa shape index (κ2) is 5.79. The molecule has 1 heterocycles. The Bertz CT molecular complexity index is 430. The number of nitrogens with two attached hydrogens (primary N) is 1. The van der Waals surface area contributed by atoms with Crippen molar-refractivity contribution in [3.63, 3.8) is 0 Å². The second-order valence-corrected chi connectivity index (χ2v) is 4.19. The zero-order valence-corrected chi connectivity index (χ0v) is 10.0. The Kier molecular flexibility index (Phi) is 4.11. The third kappa shape index (κ3) is 2.96. The van der Waals surface area contributed by atoms with E-state index in [1.165, 1.54) is 6.07 Å². The summed E-state index contributed by atoms with van der Waals surface area (Å²) >= 11 is 0. The van der Waals surface area contributed by atoms with Crippen LogP contribution >= 0.6 is 0 Å². The van der Waals surface area contributed by atoms with Gasteiger partial charge in [0.15, 0.2) is 5.75 Å². The highest BCUT2D eigenvalue weighted by Gasteiger charge is 2.21. The van der Waals surface area contributed by atoms with E-state index in [9.17, 15) is 10.1 Å². The van der Waals surface area contributed by atoms with Crippen molar-refractivity contribution in [3.8, 4) is 5.75 Å². The van der Waals surface area contributed by atoms with Gasteiger partial charge in [0.2, 0.25) is 0 Å². The largest absolute Gasteiger partial charge is 0.483 e. The molecule has 1 aromatic carbocycles. The Morgan fingerprint density at radius 1 is 1.44 bits per heavy atom. The quantitative estimate of drug-likeness (QED) is 0.649. The van der Waals surface area contributed by atoms with Crippen LogP contribution in [0.5, 0.6) is 5.75 Å². The van der Waals surface area contributed by atoms with Crippen molar-refractivity contribution in [1.29, 1.82) is 0 Å². The van der Waals surface area contributed by atoms with Crippen LogP contribution in [0.3, 0.4) is 0 Å². The standard InChI is InChI=1S/C12H16N2O4/c13-8-9-1-2-11(14(15)16)12(7-9)18-10-3-5-17-6-4-10/h1-2,7,10H,3-6,8,13H2. The van der Waals surface area contributed by atoms with Gasteiger partial charge in [-0.3, -0.25) is 10.1 Å². The molecule has 0 radical (unpaired) electrons. The highest BCUT2D eigenvalue weighted by Crippen LogP contribution is 2.30. The number of ether oxygens (including phenoxy) is 2. The van der Waals surface area contributed by atoms with Crippen molar-refractivity contribution in [2.75, 3.05) is 13.2 Å². The Morgan fingerprint density at radius 3 is 2.78 bits per heavy atom. The highest BCUT2D eigenvalue weighted by atomic mass is 16.6. The fourth-order valence-corrected chi connectivity index (χ4v) is 1.90. The summed E-state index contributed by atoms with van der Waals surface area (Å²) in [6, 6.07) is 4.74. The van der Waals surface area contributed by atoms with Gasteiger partial charge in [-0.25, -0.2) is 0 Å². The molecule has 1 saturated heterocycles. The zero-order valence-electron chi connectivity index (χ0n) is 10.0. The summed E-state index contributed by atoms with van der Waals surface area (Å²) in [5, 5.41) is 10.9. The van der Waals surface area contributed by atoms with Crippen LogP contribution in [0.2, 0.25) is 0 Å². The Hall–Kier alpha value is -1.66. The van der Waals surface area contributed by atoms with Crippen LogP contribution in [-0.4, -0.2) is 24.2 Å². The Balaban J connectivity index is 2.19. The fraction of sp³-hybridized carbons (Fsp3) is 0.500. The van der Waals surface area contributed by atoms with E-state index >= 15 is 0 Å². The van der Waals surface area contributed by atoms with Crippen LogP contribution in [0.4, 0.5) is 5.69 Å². The number of nitro groups is 1. The molecule has 1 aliphatic rings. The van der Waals surface area contributed by atoms with Gasteiger partial charge in [0.25, 0.3) is 0 Å². The van der Waals surface area contributed by atoms with E-state index in [1.54, 1.807) is 12.1 Å². The van der Waals surface area contributed by atoms with E-state index in [-0.39, 0.29) is 11.8 Å². The lowest BCUT2D eigenvalue weighted by Gasteiger charge is -2.23. The molecule has 0 amide bonds. The maximum atomic E-state index is 10.9. The van der Waals surface area contributed by atoms with Crippen LogP contribution < -0.4 is 10.5 Å². The van der Waals surface area contributed by atoms with E-state index in [0.717, 1.165) is 18.4 Å². The lowest BCUT2D eigenvalue weighted by atomic mass is 10.1. The van der Waals surface area contributed by atoms with Crippen molar-refractivity contribution in [3.05, 3.63) is 33.9 Å². The van der Waals surface area contributed by atoms with Gasteiger partial charge in [-0.05, 0) is 11.6 Å². The molecule has 0 spiro atoms. The van der Waals surface area contributed by atoms with Crippen molar-refractivity contribution in [2.24, 2.45) is 5.73 Å². The van der Waals surface area contributed by atoms with Crippen LogP contribution in [-0.2, 0) is 11.3 Å². The van der Waals surface area contributed by atoms with Gasteiger partial charge in [0.1, 0.15) is 6.10 Å². The monoisotopic (exact) mass is 252 g/mol. The van der Waals surface area contributed by atoms with E-state index in [0.29, 0.717) is 25.5 Å². The van der Waals surface area contributed by atoms with Gasteiger partial charge >= 0.3 is 5.69 Å². The summed E-state index contributed by atoms with van der Waals surface area (Å²) in [4.78, 5) is 10.5. The molecule has 0 aromatic heterocycles. The molecule has 0 bridgehead atoms. The summed E-state index contributed by atoms with van der Waals surface area (Å²) in [6.07, 6.45) is 1.49. The summed E-state index contributed by atoms with van der Waals surface area (Å²) < 4.78 is 10.9. The van der Waals surface area contributed by atoms with Gasteiger partial charge in [0, 0.05) is 25.5 Å². The number of nitro benzene ring substituents is 1. The topological polar surface area (TPSA) is 87.6 Å². The lowest BCUT2D eigenvalue weighted by molar-refractivity contribution is -0.386. The summed E-state index contributed by atoms with van der Waals surface area (Å²) in [6.45, 7) is 1.60. The molecule has 1 aromatic rings. The highest BCUT2D eigenvalue weighted by molar-refractivity contribution is 5.48. The summed E-state index contributed by atoms with van der Waals surface area (Å²) in [5.41, 5.74) is 6.34. The molecule has 1 aliphatic heterocycles. The predicted molar refractivity (Wildman–Crippen MR) is 65.5 cm³/mol. The molecular weight excluding hydrogens is 236 g/mol. The van der Waals surface area contributed by atoms with E-state index in [4.69, 9.17) is 15.2 Å². The minimum atomic E-state index is -0.436. The SMILES string of the molecule is NCc1ccc([N+](=O)[O-])c(OC2CCOCC2)c1.